The minimum Gasteiger partial charge on any atom is -0.267 e. The van der Waals surface area contributed by atoms with Gasteiger partial charge >= 0.3 is 0 Å². The summed E-state index contributed by atoms with van der Waals surface area (Å²) >= 11 is 6.32. The molecule has 7 heteroatoms. The van der Waals surface area contributed by atoms with Crippen molar-refractivity contribution < 1.29 is 0 Å². The second-order valence-corrected chi connectivity index (χ2v) is 8.52. The molecule has 0 N–H and O–H groups in total. The van der Waals surface area contributed by atoms with Crippen molar-refractivity contribution in [3.05, 3.63) is 85.9 Å². The highest BCUT2D eigenvalue weighted by Crippen LogP contribution is 2.27. The topological polar surface area (TPSA) is 58.7 Å². The number of fused-ring (bicyclic) bond motifs is 1. The van der Waals surface area contributed by atoms with Crippen molar-refractivity contribution in [3.63, 3.8) is 0 Å². The predicted molar refractivity (Wildman–Crippen MR) is 114 cm³/mol. The summed E-state index contributed by atoms with van der Waals surface area (Å²) < 4.78 is 3.25. The Morgan fingerprint density at radius 1 is 1.19 bits per heavy atom. The van der Waals surface area contributed by atoms with Gasteiger partial charge in [0.25, 0.3) is 5.56 Å². The smallest absolute Gasteiger partial charge is 0.267 e. The van der Waals surface area contributed by atoms with Gasteiger partial charge in [0.1, 0.15) is 4.70 Å². The van der Waals surface area contributed by atoms with Crippen LogP contribution in [0, 0.1) is 11.3 Å². The molecule has 27 heavy (non-hydrogen) atoms. The number of aromatic nitrogens is 2. The fourth-order valence-electron chi connectivity index (χ4n) is 2.69. The molecule has 132 valence electrons. The molecule has 0 fully saturated rings. The standard InChI is InChI=1S/C20H12BrN3OS2/c21-15-4-6-16(7-5-15)24-19(25)18-17(8-9-26-18)23-20(24)27-12-14-3-1-2-13(10-14)11-22/h1-10H,12H2. The molecule has 4 aromatic rings. The van der Waals surface area contributed by atoms with Gasteiger partial charge in [0.2, 0.25) is 0 Å². The zero-order chi connectivity index (χ0) is 18.8. The maximum absolute atomic E-state index is 13.1. The third-order valence-corrected chi connectivity index (χ3v) is 6.39. The first-order valence-electron chi connectivity index (χ1n) is 8.04. The van der Waals surface area contributed by atoms with E-state index in [9.17, 15) is 4.79 Å². The molecule has 0 saturated heterocycles. The lowest BCUT2D eigenvalue weighted by Crippen LogP contribution is -2.20. The number of hydrogen-bond acceptors (Lipinski definition) is 5. The van der Waals surface area contributed by atoms with E-state index in [1.165, 1.54) is 23.1 Å². The molecule has 0 amide bonds. The molecule has 4 rings (SSSR count). The van der Waals surface area contributed by atoms with Crippen molar-refractivity contribution in [2.75, 3.05) is 0 Å². The molecule has 0 saturated carbocycles. The maximum atomic E-state index is 13.1. The number of rotatable bonds is 4. The lowest BCUT2D eigenvalue weighted by atomic mass is 10.2. The molecule has 0 aliphatic heterocycles. The van der Waals surface area contributed by atoms with Crippen molar-refractivity contribution in [2.24, 2.45) is 0 Å². The first-order chi connectivity index (χ1) is 13.2. The van der Waals surface area contributed by atoms with Crippen LogP contribution in [0.5, 0.6) is 0 Å². The molecule has 0 aliphatic rings. The first kappa shape index (κ1) is 18.0. The van der Waals surface area contributed by atoms with Gasteiger partial charge in [-0.1, -0.05) is 39.8 Å². The van der Waals surface area contributed by atoms with Crippen LogP contribution < -0.4 is 5.56 Å². The Kier molecular flexibility index (Phi) is 5.12. The van der Waals surface area contributed by atoms with E-state index in [0.717, 1.165) is 15.7 Å². The van der Waals surface area contributed by atoms with E-state index in [1.54, 1.807) is 10.6 Å². The van der Waals surface area contributed by atoms with E-state index in [-0.39, 0.29) is 5.56 Å². The van der Waals surface area contributed by atoms with Crippen LogP contribution in [0.25, 0.3) is 15.9 Å². The summed E-state index contributed by atoms with van der Waals surface area (Å²) in [5.41, 5.74) is 3.07. The lowest BCUT2D eigenvalue weighted by molar-refractivity contribution is 0.822. The van der Waals surface area contributed by atoms with Crippen molar-refractivity contribution in [2.45, 2.75) is 10.9 Å². The summed E-state index contributed by atoms with van der Waals surface area (Å²) in [7, 11) is 0. The summed E-state index contributed by atoms with van der Waals surface area (Å²) in [5.74, 6) is 0.619. The Bertz CT molecular complexity index is 1220. The summed E-state index contributed by atoms with van der Waals surface area (Å²) in [6, 6.07) is 19.1. The first-order valence-corrected chi connectivity index (χ1v) is 10.7. The molecular formula is C20H12BrN3OS2. The third kappa shape index (κ3) is 3.69. The van der Waals surface area contributed by atoms with E-state index in [4.69, 9.17) is 10.2 Å². The molecular weight excluding hydrogens is 442 g/mol. The Hall–Kier alpha value is -2.40. The van der Waals surface area contributed by atoms with E-state index in [0.29, 0.717) is 26.7 Å². The molecule has 4 nitrogen and oxygen atoms in total. The summed E-state index contributed by atoms with van der Waals surface area (Å²) in [5, 5.41) is 11.6. The minimum absolute atomic E-state index is 0.0643. The molecule has 0 bridgehead atoms. The normalized spacial score (nSPS) is 10.8. The number of thioether (sulfide) groups is 1. The second-order valence-electron chi connectivity index (χ2n) is 5.75. The molecule has 0 atom stereocenters. The Morgan fingerprint density at radius 2 is 2.00 bits per heavy atom. The SMILES string of the molecule is N#Cc1cccc(CSc2nc3ccsc3c(=O)n2-c2ccc(Br)cc2)c1. The van der Waals surface area contributed by atoms with Gasteiger partial charge < -0.3 is 0 Å². The van der Waals surface area contributed by atoms with Gasteiger partial charge in [-0.3, -0.25) is 9.36 Å². The predicted octanol–water partition coefficient (Wildman–Crippen LogP) is 5.37. The molecule has 2 aromatic carbocycles. The van der Waals surface area contributed by atoms with Crippen LogP contribution >= 0.6 is 39.0 Å². The monoisotopic (exact) mass is 453 g/mol. The van der Waals surface area contributed by atoms with Crippen LogP contribution in [0.1, 0.15) is 11.1 Å². The fraction of sp³-hybridized carbons (Fsp3) is 0.0500. The van der Waals surface area contributed by atoms with Gasteiger partial charge in [-0.05, 0) is 53.4 Å². The van der Waals surface area contributed by atoms with Gasteiger partial charge in [-0.2, -0.15) is 5.26 Å². The average Bonchev–Trinajstić information content (AvgIpc) is 3.17. The van der Waals surface area contributed by atoms with Gasteiger partial charge in [0.05, 0.1) is 22.8 Å². The zero-order valence-electron chi connectivity index (χ0n) is 13.9. The number of hydrogen-bond donors (Lipinski definition) is 0. The lowest BCUT2D eigenvalue weighted by Gasteiger charge is -2.12. The number of thiophene rings is 1. The minimum atomic E-state index is -0.0643. The Morgan fingerprint density at radius 3 is 2.78 bits per heavy atom. The molecule has 0 radical (unpaired) electrons. The van der Waals surface area contributed by atoms with E-state index in [2.05, 4.69) is 22.0 Å². The molecule has 2 aromatic heterocycles. The van der Waals surface area contributed by atoms with Crippen LogP contribution in [-0.4, -0.2) is 9.55 Å². The number of benzene rings is 2. The molecule has 0 spiro atoms. The summed E-state index contributed by atoms with van der Waals surface area (Å²) in [4.78, 5) is 17.8. The second kappa shape index (κ2) is 7.69. The van der Waals surface area contributed by atoms with Crippen LogP contribution in [0.4, 0.5) is 0 Å². The van der Waals surface area contributed by atoms with Crippen LogP contribution in [0.2, 0.25) is 0 Å². The Balaban J connectivity index is 1.78. The number of halogens is 1. The van der Waals surface area contributed by atoms with Gasteiger partial charge in [-0.25, -0.2) is 4.98 Å². The quantitative estimate of drug-likeness (QED) is 0.307. The number of nitrogens with zero attached hydrogens (tertiary/aromatic N) is 3. The Labute approximate surface area is 172 Å². The van der Waals surface area contributed by atoms with E-state index < -0.39 is 0 Å². The van der Waals surface area contributed by atoms with Crippen molar-refractivity contribution >= 4 is 49.2 Å². The highest BCUT2D eigenvalue weighted by atomic mass is 79.9. The highest BCUT2D eigenvalue weighted by Gasteiger charge is 2.14. The summed E-state index contributed by atoms with van der Waals surface area (Å²) in [6.07, 6.45) is 0. The fourth-order valence-corrected chi connectivity index (χ4v) is 4.66. The highest BCUT2D eigenvalue weighted by molar-refractivity contribution is 9.10. The average molecular weight is 454 g/mol. The van der Waals surface area contributed by atoms with Crippen LogP contribution in [-0.2, 0) is 5.75 Å². The van der Waals surface area contributed by atoms with Crippen molar-refractivity contribution in [1.29, 1.82) is 5.26 Å². The van der Waals surface area contributed by atoms with E-state index >= 15 is 0 Å². The largest absolute Gasteiger partial charge is 0.276 e. The molecule has 0 aliphatic carbocycles. The third-order valence-electron chi connectivity index (χ3n) is 3.96. The van der Waals surface area contributed by atoms with Gasteiger partial charge in [0.15, 0.2) is 5.16 Å². The number of nitriles is 1. The van der Waals surface area contributed by atoms with E-state index in [1.807, 2.05) is 53.9 Å². The zero-order valence-corrected chi connectivity index (χ0v) is 17.1. The van der Waals surface area contributed by atoms with Crippen LogP contribution in [0.15, 0.2) is 74.4 Å². The van der Waals surface area contributed by atoms with Crippen LogP contribution in [0.3, 0.4) is 0 Å². The maximum Gasteiger partial charge on any atom is 0.276 e. The van der Waals surface area contributed by atoms with Gasteiger partial charge in [0, 0.05) is 10.2 Å². The van der Waals surface area contributed by atoms with Crippen molar-refractivity contribution in [1.82, 2.24) is 9.55 Å². The van der Waals surface area contributed by atoms with Gasteiger partial charge in [-0.15, -0.1) is 11.3 Å². The molecule has 0 unspecified atom stereocenters. The summed E-state index contributed by atoms with van der Waals surface area (Å²) in [6.45, 7) is 0. The molecule has 2 heterocycles. The van der Waals surface area contributed by atoms with Crippen molar-refractivity contribution in [3.8, 4) is 11.8 Å².